The van der Waals surface area contributed by atoms with Crippen molar-refractivity contribution >= 4 is 5.69 Å². The summed E-state index contributed by atoms with van der Waals surface area (Å²) in [4.78, 5) is 10.3. The summed E-state index contributed by atoms with van der Waals surface area (Å²) >= 11 is 0. The Kier molecular flexibility index (Phi) is 3.23. The number of methoxy groups -OCH3 is 2. The second-order valence-corrected chi connectivity index (χ2v) is 4.35. The van der Waals surface area contributed by atoms with Crippen LogP contribution in [0, 0.1) is 10.1 Å². The van der Waals surface area contributed by atoms with Crippen LogP contribution in [0.15, 0.2) is 18.2 Å². The van der Waals surface area contributed by atoms with E-state index in [0.717, 1.165) is 0 Å². The quantitative estimate of drug-likeness (QED) is 0.611. The van der Waals surface area contributed by atoms with Crippen LogP contribution in [0.4, 0.5) is 5.69 Å². The molecule has 0 aliphatic carbocycles. The van der Waals surface area contributed by atoms with Gasteiger partial charge in [0.1, 0.15) is 5.75 Å². The van der Waals surface area contributed by atoms with E-state index in [1.807, 2.05) is 6.92 Å². The molecule has 1 aliphatic heterocycles. The predicted octanol–water partition coefficient (Wildman–Crippen LogP) is 2.43. The molecule has 0 amide bonds. The van der Waals surface area contributed by atoms with Gasteiger partial charge in [0.25, 0.3) is 5.69 Å². The van der Waals surface area contributed by atoms with Crippen LogP contribution in [0.1, 0.15) is 25.0 Å². The minimum atomic E-state index is -0.774. The summed E-state index contributed by atoms with van der Waals surface area (Å²) in [6.45, 7) is 1.81. The van der Waals surface area contributed by atoms with Crippen molar-refractivity contribution in [2.24, 2.45) is 0 Å². The smallest absolute Gasteiger partial charge is 0.270 e. The molecule has 0 saturated carbocycles. The van der Waals surface area contributed by atoms with Gasteiger partial charge < -0.3 is 14.2 Å². The van der Waals surface area contributed by atoms with Crippen LogP contribution in [0.5, 0.6) is 5.75 Å². The lowest BCUT2D eigenvalue weighted by molar-refractivity contribution is -0.385. The van der Waals surface area contributed by atoms with Crippen LogP contribution in [-0.2, 0) is 9.47 Å². The number of nitrogens with zero attached hydrogens (tertiary/aromatic N) is 1. The number of nitro benzene ring substituents is 1. The van der Waals surface area contributed by atoms with E-state index in [9.17, 15) is 10.1 Å². The van der Waals surface area contributed by atoms with Gasteiger partial charge in [-0.2, -0.15) is 0 Å². The Bertz CT molecular complexity index is 476. The van der Waals surface area contributed by atoms with E-state index < -0.39 is 10.7 Å². The van der Waals surface area contributed by atoms with Crippen molar-refractivity contribution in [1.29, 1.82) is 0 Å². The van der Waals surface area contributed by atoms with Crippen LogP contribution in [-0.4, -0.2) is 24.9 Å². The van der Waals surface area contributed by atoms with Gasteiger partial charge in [0, 0.05) is 45.3 Å². The van der Waals surface area contributed by atoms with E-state index in [1.54, 1.807) is 20.3 Å². The van der Waals surface area contributed by atoms with E-state index in [-0.39, 0.29) is 11.8 Å². The van der Waals surface area contributed by atoms with Crippen molar-refractivity contribution in [2.45, 2.75) is 25.2 Å². The number of non-ortho nitro benzene ring substituents is 1. The molecule has 1 heterocycles. The van der Waals surface area contributed by atoms with Gasteiger partial charge in [0.15, 0.2) is 0 Å². The third-order valence-electron chi connectivity index (χ3n) is 3.15. The van der Waals surface area contributed by atoms with Gasteiger partial charge in [0.05, 0.1) is 11.0 Å². The molecule has 98 valence electrons. The minimum Gasteiger partial charge on any atom is -0.462 e. The van der Waals surface area contributed by atoms with Crippen molar-refractivity contribution in [3.63, 3.8) is 0 Å². The van der Waals surface area contributed by atoms with E-state index in [0.29, 0.717) is 17.7 Å². The zero-order chi connectivity index (χ0) is 13.3. The summed E-state index contributed by atoms with van der Waals surface area (Å²) in [7, 11) is 3.12. The van der Waals surface area contributed by atoms with Gasteiger partial charge in [-0.05, 0) is 6.07 Å². The molecule has 18 heavy (non-hydrogen) atoms. The maximum atomic E-state index is 10.8. The standard InChI is InChI=1S/C12H15NO5/c1-12(17-3)7-11(16-2)9-6-8(13(14)15)4-5-10(9)18-12/h4-6,11H,7H2,1-3H3. The number of ether oxygens (including phenoxy) is 3. The highest BCUT2D eigenvalue weighted by molar-refractivity contribution is 5.46. The second-order valence-electron chi connectivity index (χ2n) is 4.35. The molecule has 0 N–H and O–H groups in total. The van der Waals surface area contributed by atoms with Crippen molar-refractivity contribution in [2.75, 3.05) is 14.2 Å². The first-order valence-corrected chi connectivity index (χ1v) is 5.54. The van der Waals surface area contributed by atoms with Crippen LogP contribution in [0.25, 0.3) is 0 Å². The van der Waals surface area contributed by atoms with Crippen molar-refractivity contribution < 1.29 is 19.1 Å². The van der Waals surface area contributed by atoms with Crippen LogP contribution in [0.3, 0.4) is 0 Å². The minimum absolute atomic E-state index is 0.0282. The molecule has 1 aromatic rings. The first-order valence-electron chi connectivity index (χ1n) is 5.54. The molecule has 0 fully saturated rings. The summed E-state index contributed by atoms with van der Waals surface area (Å²) in [5, 5.41) is 10.8. The average Bonchev–Trinajstić information content (AvgIpc) is 2.37. The van der Waals surface area contributed by atoms with Gasteiger partial charge in [-0.3, -0.25) is 10.1 Å². The fourth-order valence-electron chi connectivity index (χ4n) is 2.05. The average molecular weight is 253 g/mol. The SMILES string of the molecule is COC1CC(C)(OC)Oc2ccc([N+](=O)[O-])cc21. The maximum absolute atomic E-state index is 10.8. The van der Waals surface area contributed by atoms with E-state index in [1.165, 1.54) is 12.1 Å². The summed E-state index contributed by atoms with van der Waals surface area (Å²) in [6, 6.07) is 4.47. The molecule has 1 aliphatic rings. The maximum Gasteiger partial charge on any atom is 0.270 e. The molecule has 0 spiro atoms. The number of benzene rings is 1. The second kappa shape index (κ2) is 4.55. The number of fused-ring (bicyclic) bond motifs is 1. The fourth-order valence-corrected chi connectivity index (χ4v) is 2.05. The molecule has 0 bridgehead atoms. The van der Waals surface area contributed by atoms with Crippen molar-refractivity contribution in [3.8, 4) is 5.75 Å². The molecule has 2 rings (SSSR count). The van der Waals surface area contributed by atoms with Gasteiger partial charge in [-0.25, -0.2) is 0 Å². The topological polar surface area (TPSA) is 70.8 Å². The Morgan fingerprint density at radius 2 is 2.22 bits per heavy atom. The predicted molar refractivity (Wildman–Crippen MR) is 63.5 cm³/mol. The third kappa shape index (κ3) is 2.16. The molecular formula is C12H15NO5. The lowest BCUT2D eigenvalue weighted by Crippen LogP contribution is -2.40. The Labute approximate surface area is 105 Å². The Morgan fingerprint density at radius 3 is 2.78 bits per heavy atom. The molecule has 6 heteroatoms. The third-order valence-corrected chi connectivity index (χ3v) is 3.15. The lowest BCUT2D eigenvalue weighted by Gasteiger charge is -2.37. The normalized spacial score (nSPS) is 26.3. The Morgan fingerprint density at radius 1 is 1.50 bits per heavy atom. The molecule has 0 saturated heterocycles. The van der Waals surface area contributed by atoms with Crippen LogP contribution < -0.4 is 4.74 Å². The largest absolute Gasteiger partial charge is 0.462 e. The number of rotatable bonds is 3. The monoisotopic (exact) mass is 253 g/mol. The summed E-state index contributed by atoms with van der Waals surface area (Å²) < 4.78 is 16.4. The van der Waals surface area contributed by atoms with E-state index >= 15 is 0 Å². The van der Waals surface area contributed by atoms with Gasteiger partial charge >= 0.3 is 0 Å². The number of hydrogen-bond acceptors (Lipinski definition) is 5. The Hall–Kier alpha value is -1.66. The highest BCUT2D eigenvalue weighted by Gasteiger charge is 2.38. The first kappa shape index (κ1) is 12.8. The molecule has 1 aromatic carbocycles. The zero-order valence-corrected chi connectivity index (χ0v) is 10.5. The summed E-state index contributed by atoms with van der Waals surface area (Å²) in [5.41, 5.74) is 0.710. The number of hydrogen-bond donors (Lipinski definition) is 0. The molecular weight excluding hydrogens is 238 g/mol. The van der Waals surface area contributed by atoms with E-state index in [2.05, 4.69) is 0 Å². The van der Waals surface area contributed by atoms with Gasteiger partial charge in [-0.1, -0.05) is 0 Å². The highest BCUT2D eigenvalue weighted by atomic mass is 16.7. The molecule has 6 nitrogen and oxygen atoms in total. The highest BCUT2D eigenvalue weighted by Crippen LogP contribution is 2.42. The number of nitro groups is 1. The van der Waals surface area contributed by atoms with Gasteiger partial charge in [-0.15, -0.1) is 0 Å². The van der Waals surface area contributed by atoms with Gasteiger partial charge in [0.2, 0.25) is 5.79 Å². The molecule has 0 aromatic heterocycles. The van der Waals surface area contributed by atoms with Crippen LogP contribution in [0.2, 0.25) is 0 Å². The molecule has 2 atom stereocenters. The molecule has 2 unspecified atom stereocenters. The summed E-state index contributed by atoms with van der Waals surface area (Å²) in [5.74, 6) is -0.216. The fraction of sp³-hybridized carbons (Fsp3) is 0.500. The first-order chi connectivity index (χ1) is 8.49. The van der Waals surface area contributed by atoms with Crippen molar-refractivity contribution in [1.82, 2.24) is 0 Å². The zero-order valence-electron chi connectivity index (χ0n) is 10.5. The van der Waals surface area contributed by atoms with Crippen LogP contribution >= 0.6 is 0 Å². The summed E-state index contributed by atoms with van der Waals surface area (Å²) in [6.07, 6.45) is 0.201. The van der Waals surface area contributed by atoms with E-state index in [4.69, 9.17) is 14.2 Å². The lowest BCUT2D eigenvalue weighted by atomic mass is 9.97. The Balaban J connectivity index is 2.44. The van der Waals surface area contributed by atoms with Crippen molar-refractivity contribution in [3.05, 3.63) is 33.9 Å². The molecule has 0 radical (unpaired) electrons.